The molecule has 2 aromatic heterocycles. The maximum absolute atomic E-state index is 10.3. The van der Waals surface area contributed by atoms with E-state index in [0.29, 0.717) is 11.4 Å². The smallest absolute Gasteiger partial charge is 0.163 e. The lowest BCUT2D eigenvalue weighted by atomic mass is 10.2. The van der Waals surface area contributed by atoms with Crippen molar-refractivity contribution < 1.29 is 14.6 Å². The van der Waals surface area contributed by atoms with Crippen LogP contribution in [0.3, 0.4) is 0 Å². The second-order valence-electron chi connectivity index (χ2n) is 3.51. The predicted molar refractivity (Wildman–Crippen MR) is 64.7 cm³/mol. The molecule has 2 aromatic rings. The number of hydrogen-bond acceptors (Lipinski definition) is 5. The maximum atomic E-state index is 10.3. The van der Waals surface area contributed by atoms with Crippen molar-refractivity contribution in [3.8, 4) is 11.5 Å². The molecule has 1 unspecified atom stereocenters. The molecule has 17 heavy (non-hydrogen) atoms. The van der Waals surface area contributed by atoms with E-state index in [1.54, 1.807) is 32.1 Å². The Balaban J connectivity index is 2.35. The molecular formula is C11H14N2O3S. The van der Waals surface area contributed by atoms with Crippen LogP contribution in [0.4, 0.5) is 0 Å². The Labute approximate surface area is 103 Å². The molecule has 6 heteroatoms. The molecule has 2 rings (SSSR count). The van der Waals surface area contributed by atoms with Crippen molar-refractivity contribution in [3.05, 3.63) is 28.2 Å². The highest BCUT2D eigenvalue weighted by Crippen LogP contribution is 2.34. The van der Waals surface area contributed by atoms with Gasteiger partial charge in [0.2, 0.25) is 0 Å². The van der Waals surface area contributed by atoms with E-state index in [-0.39, 0.29) is 0 Å². The van der Waals surface area contributed by atoms with E-state index in [9.17, 15) is 5.11 Å². The minimum Gasteiger partial charge on any atom is -0.496 e. The highest BCUT2D eigenvalue weighted by atomic mass is 32.1. The Hall–Kier alpha value is -1.53. The van der Waals surface area contributed by atoms with Gasteiger partial charge in [-0.25, -0.2) is 0 Å². The zero-order valence-corrected chi connectivity index (χ0v) is 10.7. The van der Waals surface area contributed by atoms with Crippen molar-refractivity contribution in [2.24, 2.45) is 7.05 Å². The maximum Gasteiger partial charge on any atom is 0.163 e. The summed E-state index contributed by atoms with van der Waals surface area (Å²) < 4.78 is 11.9. The first-order chi connectivity index (χ1) is 8.17. The molecule has 2 heterocycles. The Morgan fingerprint density at radius 3 is 2.76 bits per heavy atom. The van der Waals surface area contributed by atoms with Crippen molar-refractivity contribution in [1.82, 2.24) is 9.78 Å². The van der Waals surface area contributed by atoms with Crippen molar-refractivity contribution in [2.45, 2.75) is 6.10 Å². The van der Waals surface area contributed by atoms with Gasteiger partial charge in [0.25, 0.3) is 0 Å². The number of aliphatic hydroxyl groups is 1. The van der Waals surface area contributed by atoms with Crippen molar-refractivity contribution in [3.63, 3.8) is 0 Å². The average molecular weight is 254 g/mol. The number of aryl methyl sites for hydroxylation is 1. The molecule has 0 saturated carbocycles. The summed E-state index contributed by atoms with van der Waals surface area (Å²) in [5.74, 6) is 1.32. The number of thiophene rings is 1. The van der Waals surface area contributed by atoms with E-state index < -0.39 is 6.10 Å². The quantitative estimate of drug-likeness (QED) is 0.900. The van der Waals surface area contributed by atoms with E-state index in [2.05, 4.69) is 5.10 Å². The summed E-state index contributed by atoms with van der Waals surface area (Å²) in [5, 5.41) is 16.2. The molecule has 0 saturated heterocycles. The van der Waals surface area contributed by atoms with Crippen molar-refractivity contribution >= 4 is 11.3 Å². The summed E-state index contributed by atoms with van der Waals surface area (Å²) in [5.41, 5.74) is 0.636. The lowest BCUT2D eigenvalue weighted by molar-refractivity contribution is 0.207. The fourth-order valence-corrected chi connectivity index (χ4v) is 2.46. The van der Waals surface area contributed by atoms with Crippen LogP contribution in [0.2, 0.25) is 0 Å². The molecule has 0 spiro atoms. The van der Waals surface area contributed by atoms with E-state index >= 15 is 0 Å². The summed E-state index contributed by atoms with van der Waals surface area (Å²) in [7, 11) is 4.93. The molecule has 0 aromatic carbocycles. The van der Waals surface area contributed by atoms with Crippen LogP contribution in [0.1, 0.15) is 16.7 Å². The number of aromatic nitrogens is 2. The molecular weight excluding hydrogens is 240 g/mol. The van der Waals surface area contributed by atoms with Crippen LogP contribution in [-0.4, -0.2) is 29.1 Å². The normalized spacial score (nSPS) is 12.5. The first-order valence-corrected chi connectivity index (χ1v) is 5.91. The number of rotatable bonds is 4. The molecule has 5 nitrogen and oxygen atoms in total. The lowest BCUT2D eigenvalue weighted by Crippen LogP contribution is -2.06. The molecule has 1 atom stereocenters. The minimum absolute atomic E-state index is 0.576. The molecule has 0 aliphatic carbocycles. The van der Waals surface area contributed by atoms with Crippen LogP contribution in [0.25, 0.3) is 0 Å². The summed E-state index contributed by atoms with van der Waals surface area (Å²) in [4.78, 5) is 0.795. The second kappa shape index (κ2) is 4.77. The molecule has 0 aliphatic rings. The third kappa shape index (κ3) is 2.13. The van der Waals surface area contributed by atoms with Gasteiger partial charge in [-0.05, 0) is 6.07 Å². The van der Waals surface area contributed by atoms with Gasteiger partial charge in [0.05, 0.1) is 20.4 Å². The fraction of sp³-hybridized carbons (Fsp3) is 0.364. The molecule has 0 aliphatic heterocycles. The second-order valence-corrected chi connectivity index (χ2v) is 4.46. The van der Waals surface area contributed by atoms with Gasteiger partial charge < -0.3 is 14.6 Å². The Bertz CT molecular complexity index is 507. The number of nitrogens with zero attached hydrogens (tertiary/aromatic N) is 2. The Morgan fingerprint density at radius 2 is 2.18 bits per heavy atom. The number of methoxy groups -OCH3 is 2. The van der Waals surface area contributed by atoms with E-state index in [0.717, 1.165) is 10.6 Å². The zero-order chi connectivity index (χ0) is 12.4. The average Bonchev–Trinajstić information content (AvgIpc) is 2.94. The summed E-state index contributed by atoms with van der Waals surface area (Å²) in [6, 6.07) is 1.81. The van der Waals surface area contributed by atoms with Crippen LogP contribution >= 0.6 is 11.3 Å². The molecule has 0 amide bonds. The van der Waals surface area contributed by atoms with E-state index in [1.807, 2.05) is 11.4 Å². The highest BCUT2D eigenvalue weighted by molar-refractivity contribution is 7.10. The number of hydrogen-bond donors (Lipinski definition) is 1. The molecule has 0 radical (unpaired) electrons. The first-order valence-electron chi connectivity index (χ1n) is 5.03. The van der Waals surface area contributed by atoms with Gasteiger partial charge >= 0.3 is 0 Å². The Kier molecular flexibility index (Phi) is 3.35. The van der Waals surface area contributed by atoms with E-state index in [1.165, 1.54) is 11.3 Å². The topological polar surface area (TPSA) is 56.5 Å². The summed E-state index contributed by atoms with van der Waals surface area (Å²) in [6.07, 6.45) is 0.829. The molecule has 92 valence electrons. The third-order valence-electron chi connectivity index (χ3n) is 2.53. The lowest BCUT2D eigenvalue weighted by Gasteiger charge is -2.10. The predicted octanol–water partition coefficient (Wildman–Crippen LogP) is 1.58. The number of aliphatic hydroxyl groups excluding tert-OH is 1. The molecule has 0 bridgehead atoms. The monoisotopic (exact) mass is 254 g/mol. The van der Waals surface area contributed by atoms with Gasteiger partial charge in [0.1, 0.15) is 17.5 Å². The summed E-state index contributed by atoms with van der Waals surface area (Å²) >= 11 is 1.44. The zero-order valence-electron chi connectivity index (χ0n) is 9.88. The van der Waals surface area contributed by atoms with Crippen LogP contribution in [-0.2, 0) is 7.05 Å². The third-order valence-corrected chi connectivity index (χ3v) is 3.49. The van der Waals surface area contributed by atoms with Gasteiger partial charge in [-0.3, -0.25) is 4.68 Å². The van der Waals surface area contributed by atoms with Crippen LogP contribution in [0, 0.1) is 0 Å². The van der Waals surface area contributed by atoms with Gasteiger partial charge in [-0.15, -0.1) is 11.3 Å². The van der Waals surface area contributed by atoms with E-state index in [4.69, 9.17) is 9.47 Å². The van der Waals surface area contributed by atoms with Gasteiger partial charge in [-0.1, -0.05) is 0 Å². The van der Waals surface area contributed by atoms with Gasteiger partial charge in [0.15, 0.2) is 5.75 Å². The van der Waals surface area contributed by atoms with Crippen molar-refractivity contribution in [1.29, 1.82) is 0 Å². The highest BCUT2D eigenvalue weighted by Gasteiger charge is 2.21. The van der Waals surface area contributed by atoms with Crippen LogP contribution < -0.4 is 9.47 Å². The van der Waals surface area contributed by atoms with Crippen LogP contribution in [0.15, 0.2) is 17.6 Å². The standard InChI is InChI=1S/C11H14N2O3S/c1-13-10(8(16-3)5-12-13)11(14)9-4-7(15-2)6-17-9/h4-6,11,14H,1-3H3. The van der Waals surface area contributed by atoms with Crippen LogP contribution in [0.5, 0.6) is 11.5 Å². The summed E-state index contributed by atoms with van der Waals surface area (Å²) in [6.45, 7) is 0. The van der Waals surface area contributed by atoms with Gasteiger partial charge in [-0.2, -0.15) is 5.10 Å². The Morgan fingerprint density at radius 1 is 1.41 bits per heavy atom. The molecule has 1 N–H and O–H groups in total. The largest absolute Gasteiger partial charge is 0.496 e. The fourth-order valence-electron chi connectivity index (χ4n) is 1.62. The van der Waals surface area contributed by atoms with Crippen molar-refractivity contribution in [2.75, 3.05) is 14.2 Å². The van der Waals surface area contributed by atoms with Gasteiger partial charge in [0, 0.05) is 17.3 Å². The molecule has 0 fully saturated rings. The number of ether oxygens (including phenoxy) is 2. The first kappa shape index (κ1) is 11.9. The SMILES string of the molecule is COc1csc(C(O)c2c(OC)cnn2C)c1. The minimum atomic E-state index is -0.758.